The number of aryl methyl sites for hydroxylation is 1. The fourth-order valence-electron chi connectivity index (χ4n) is 2.06. The molecular weight excluding hydrogens is 250 g/mol. The molecule has 1 unspecified atom stereocenters. The van der Waals surface area contributed by atoms with Gasteiger partial charge in [-0.2, -0.15) is 0 Å². The molecule has 0 aliphatic rings. The van der Waals surface area contributed by atoms with Crippen LogP contribution in [0.15, 0.2) is 36.4 Å². The first kappa shape index (κ1) is 13.5. The van der Waals surface area contributed by atoms with Gasteiger partial charge < -0.3 is 9.84 Å². The van der Waals surface area contributed by atoms with Crippen molar-refractivity contribution in [2.45, 2.75) is 13.0 Å². The van der Waals surface area contributed by atoms with Gasteiger partial charge in [-0.05, 0) is 42.3 Å². The van der Waals surface area contributed by atoms with E-state index in [2.05, 4.69) is 0 Å². The molecule has 2 rings (SSSR count). The molecule has 0 aliphatic carbocycles. The molecule has 0 spiro atoms. The van der Waals surface area contributed by atoms with Gasteiger partial charge in [-0.15, -0.1) is 0 Å². The zero-order valence-electron chi connectivity index (χ0n) is 10.7. The molecule has 1 atom stereocenters. The van der Waals surface area contributed by atoms with Gasteiger partial charge in [0, 0.05) is 0 Å². The number of hydrogen-bond donors (Lipinski definition) is 1. The first-order valence-corrected chi connectivity index (χ1v) is 5.81. The quantitative estimate of drug-likeness (QED) is 0.921. The van der Waals surface area contributed by atoms with E-state index < -0.39 is 17.7 Å². The second kappa shape index (κ2) is 5.36. The lowest BCUT2D eigenvalue weighted by atomic mass is 9.96. The van der Waals surface area contributed by atoms with Crippen LogP contribution in [0.4, 0.5) is 8.78 Å². The number of aliphatic hydroxyl groups is 1. The molecule has 19 heavy (non-hydrogen) atoms. The SMILES string of the molecule is COc1cccc(F)c1C(O)c1ccc(F)cc1C. The van der Waals surface area contributed by atoms with E-state index in [1.165, 1.54) is 37.4 Å². The van der Waals surface area contributed by atoms with E-state index in [4.69, 9.17) is 4.74 Å². The maximum Gasteiger partial charge on any atom is 0.133 e. The van der Waals surface area contributed by atoms with Crippen LogP contribution in [0, 0.1) is 18.6 Å². The van der Waals surface area contributed by atoms with Crippen molar-refractivity contribution in [3.05, 3.63) is 64.7 Å². The molecule has 0 bridgehead atoms. The Kier molecular flexibility index (Phi) is 3.81. The monoisotopic (exact) mass is 264 g/mol. The summed E-state index contributed by atoms with van der Waals surface area (Å²) in [5.41, 5.74) is 1.06. The van der Waals surface area contributed by atoms with Crippen LogP contribution in [0.5, 0.6) is 5.75 Å². The zero-order valence-corrected chi connectivity index (χ0v) is 10.7. The van der Waals surface area contributed by atoms with Gasteiger partial charge in [-0.3, -0.25) is 0 Å². The molecule has 1 N–H and O–H groups in total. The third kappa shape index (κ3) is 2.58. The highest BCUT2D eigenvalue weighted by Gasteiger charge is 2.21. The van der Waals surface area contributed by atoms with E-state index in [0.29, 0.717) is 11.1 Å². The van der Waals surface area contributed by atoms with Crippen LogP contribution in [0.2, 0.25) is 0 Å². The van der Waals surface area contributed by atoms with Crippen LogP contribution < -0.4 is 4.74 Å². The predicted octanol–water partition coefficient (Wildman–Crippen LogP) is 3.36. The molecular formula is C15H14F2O2. The number of methoxy groups -OCH3 is 1. The molecule has 2 aromatic carbocycles. The highest BCUT2D eigenvalue weighted by atomic mass is 19.1. The number of ether oxygens (including phenoxy) is 1. The molecule has 0 amide bonds. The van der Waals surface area contributed by atoms with Gasteiger partial charge in [0.1, 0.15) is 23.5 Å². The maximum absolute atomic E-state index is 13.9. The van der Waals surface area contributed by atoms with Crippen LogP contribution in [0.25, 0.3) is 0 Å². The molecule has 100 valence electrons. The summed E-state index contributed by atoms with van der Waals surface area (Å²) in [7, 11) is 1.41. The van der Waals surface area contributed by atoms with Crippen molar-refractivity contribution in [2.75, 3.05) is 7.11 Å². The molecule has 0 aliphatic heterocycles. The van der Waals surface area contributed by atoms with Gasteiger partial charge in [-0.1, -0.05) is 12.1 Å². The van der Waals surface area contributed by atoms with Gasteiger partial charge in [0.15, 0.2) is 0 Å². The fraction of sp³-hybridized carbons (Fsp3) is 0.200. The summed E-state index contributed by atoms with van der Waals surface area (Å²) in [6.45, 7) is 1.66. The number of halogens is 2. The molecule has 0 aromatic heterocycles. The van der Waals surface area contributed by atoms with E-state index in [1.54, 1.807) is 13.0 Å². The van der Waals surface area contributed by atoms with Crippen molar-refractivity contribution in [3.8, 4) is 5.75 Å². The Morgan fingerprint density at radius 2 is 1.89 bits per heavy atom. The topological polar surface area (TPSA) is 29.5 Å². The maximum atomic E-state index is 13.9. The average molecular weight is 264 g/mol. The molecule has 0 saturated heterocycles. The van der Waals surface area contributed by atoms with Gasteiger partial charge in [-0.25, -0.2) is 8.78 Å². The summed E-state index contributed by atoms with van der Waals surface area (Å²) in [6, 6.07) is 8.30. The lowest BCUT2D eigenvalue weighted by molar-refractivity contribution is 0.208. The van der Waals surface area contributed by atoms with Crippen LogP contribution in [-0.4, -0.2) is 12.2 Å². The normalized spacial score (nSPS) is 12.3. The summed E-state index contributed by atoms with van der Waals surface area (Å²) in [5.74, 6) is -0.694. The third-order valence-electron chi connectivity index (χ3n) is 3.03. The van der Waals surface area contributed by atoms with Crippen LogP contribution >= 0.6 is 0 Å². The van der Waals surface area contributed by atoms with Crippen molar-refractivity contribution in [1.82, 2.24) is 0 Å². The third-order valence-corrected chi connectivity index (χ3v) is 3.03. The Hall–Kier alpha value is -1.94. The molecule has 0 radical (unpaired) electrons. The van der Waals surface area contributed by atoms with Crippen LogP contribution in [0.1, 0.15) is 22.8 Å². The fourth-order valence-corrected chi connectivity index (χ4v) is 2.06. The number of hydrogen-bond acceptors (Lipinski definition) is 2. The average Bonchev–Trinajstić information content (AvgIpc) is 2.37. The summed E-state index contributed by atoms with van der Waals surface area (Å²) < 4.78 is 32.0. The summed E-state index contributed by atoms with van der Waals surface area (Å²) in [5, 5.41) is 10.3. The molecule has 4 heteroatoms. The number of rotatable bonds is 3. The minimum absolute atomic E-state index is 0.0553. The summed E-state index contributed by atoms with van der Waals surface area (Å²) in [4.78, 5) is 0. The standard InChI is InChI=1S/C15H14F2O2/c1-9-8-10(16)6-7-11(9)15(18)14-12(17)4-3-5-13(14)19-2/h3-8,15,18H,1-2H3. The minimum Gasteiger partial charge on any atom is -0.496 e. The highest BCUT2D eigenvalue weighted by Crippen LogP contribution is 2.33. The number of benzene rings is 2. The van der Waals surface area contributed by atoms with Gasteiger partial charge >= 0.3 is 0 Å². The van der Waals surface area contributed by atoms with Gasteiger partial charge in [0.25, 0.3) is 0 Å². The smallest absolute Gasteiger partial charge is 0.133 e. The Bertz CT molecular complexity index is 597. The Morgan fingerprint density at radius 1 is 1.16 bits per heavy atom. The molecule has 2 aromatic rings. The van der Waals surface area contributed by atoms with Crippen molar-refractivity contribution in [2.24, 2.45) is 0 Å². The van der Waals surface area contributed by atoms with Gasteiger partial charge in [0.2, 0.25) is 0 Å². The molecule has 0 saturated carbocycles. The molecule has 0 fully saturated rings. The first-order chi connectivity index (χ1) is 9.04. The minimum atomic E-state index is -1.20. The van der Waals surface area contributed by atoms with E-state index in [9.17, 15) is 13.9 Å². The lowest BCUT2D eigenvalue weighted by Crippen LogP contribution is -2.07. The van der Waals surface area contributed by atoms with Crippen LogP contribution in [0.3, 0.4) is 0 Å². The Balaban J connectivity index is 2.52. The van der Waals surface area contributed by atoms with Crippen molar-refractivity contribution in [3.63, 3.8) is 0 Å². The lowest BCUT2D eigenvalue weighted by Gasteiger charge is -2.17. The Morgan fingerprint density at radius 3 is 2.53 bits per heavy atom. The summed E-state index contributed by atoms with van der Waals surface area (Å²) >= 11 is 0. The Labute approximate surface area is 110 Å². The summed E-state index contributed by atoms with van der Waals surface area (Å²) in [6.07, 6.45) is -1.20. The highest BCUT2D eigenvalue weighted by molar-refractivity contribution is 5.43. The number of aliphatic hydroxyl groups excluding tert-OH is 1. The van der Waals surface area contributed by atoms with E-state index >= 15 is 0 Å². The van der Waals surface area contributed by atoms with Crippen molar-refractivity contribution >= 4 is 0 Å². The second-order valence-corrected chi connectivity index (χ2v) is 4.26. The van der Waals surface area contributed by atoms with E-state index in [-0.39, 0.29) is 11.3 Å². The van der Waals surface area contributed by atoms with Crippen molar-refractivity contribution < 1.29 is 18.6 Å². The largest absolute Gasteiger partial charge is 0.496 e. The second-order valence-electron chi connectivity index (χ2n) is 4.26. The first-order valence-electron chi connectivity index (χ1n) is 5.81. The van der Waals surface area contributed by atoms with Crippen LogP contribution in [-0.2, 0) is 0 Å². The van der Waals surface area contributed by atoms with E-state index in [1.807, 2.05) is 0 Å². The predicted molar refractivity (Wildman–Crippen MR) is 68.2 cm³/mol. The van der Waals surface area contributed by atoms with Crippen molar-refractivity contribution in [1.29, 1.82) is 0 Å². The zero-order chi connectivity index (χ0) is 14.0. The molecule has 2 nitrogen and oxygen atoms in total. The van der Waals surface area contributed by atoms with E-state index in [0.717, 1.165) is 0 Å². The van der Waals surface area contributed by atoms with Gasteiger partial charge in [0.05, 0.1) is 12.7 Å². The molecule has 0 heterocycles.